The van der Waals surface area contributed by atoms with Gasteiger partial charge in [0.15, 0.2) is 0 Å². The van der Waals surface area contributed by atoms with Crippen molar-refractivity contribution in [3.05, 3.63) is 0 Å². The quantitative estimate of drug-likeness (QED) is 0.783. The van der Waals surface area contributed by atoms with Gasteiger partial charge in [0.25, 0.3) is 0 Å². The van der Waals surface area contributed by atoms with Gasteiger partial charge in [-0.2, -0.15) is 0 Å². The predicted octanol–water partition coefficient (Wildman–Crippen LogP) is 1.62. The van der Waals surface area contributed by atoms with Crippen molar-refractivity contribution in [2.45, 2.75) is 69.7 Å². The largest absolute Gasteiger partial charge is 0.389 e. The lowest BCUT2D eigenvalue weighted by Gasteiger charge is -2.32. The molecule has 1 heterocycles. The highest BCUT2D eigenvalue weighted by Crippen LogP contribution is 2.33. The van der Waals surface area contributed by atoms with Gasteiger partial charge in [-0.25, -0.2) is 8.78 Å². The Morgan fingerprint density at radius 2 is 1.86 bits per heavy atom. The molecule has 0 radical (unpaired) electrons. The van der Waals surface area contributed by atoms with Gasteiger partial charge in [0.05, 0.1) is 24.9 Å². The number of rotatable bonds is 6. The average molecular weight is 306 g/mol. The van der Waals surface area contributed by atoms with Gasteiger partial charge in [-0.3, -0.25) is 0 Å². The van der Waals surface area contributed by atoms with Crippen LogP contribution in [0.2, 0.25) is 0 Å². The van der Waals surface area contributed by atoms with Crippen LogP contribution >= 0.6 is 0 Å². The number of alkyl halides is 2. The van der Waals surface area contributed by atoms with Gasteiger partial charge in [0, 0.05) is 25.4 Å². The first-order valence-corrected chi connectivity index (χ1v) is 8.11. The number of aliphatic hydroxyl groups excluding tert-OH is 1. The molecule has 0 aromatic carbocycles. The Morgan fingerprint density at radius 3 is 2.43 bits per heavy atom. The Labute approximate surface area is 125 Å². The number of aliphatic hydroxyl groups is 1. The molecule has 0 bridgehead atoms. The number of ether oxygens (including phenoxy) is 1. The second kappa shape index (κ2) is 7.31. The average Bonchev–Trinajstić information content (AvgIpc) is 2.79. The summed E-state index contributed by atoms with van der Waals surface area (Å²) in [5.41, 5.74) is 0. The molecule has 0 spiro atoms. The van der Waals surface area contributed by atoms with E-state index in [0.717, 1.165) is 19.6 Å². The fourth-order valence-corrected chi connectivity index (χ4v) is 3.24. The van der Waals surface area contributed by atoms with E-state index in [1.807, 2.05) is 0 Å². The van der Waals surface area contributed by atoms with Crippen LogP contribution in [0.5, 0.6) is 0 Å². The van der Waals surface area contributed by atoms with Crippen LogP contribution in [0, 0.1) is 0 Å². The number of halogens is 2. The summed E-state index contributed by atoms with van der Waals surface area (Å²) < 4.78 is 32.0. The van der Waals surface area contributed by atoms with Crippen molar-refractivity contribution < 1.29 is 18.6 Å². The number of hydrogen-bond donors (Lipinski definition) is 2. The zero-order valence-corrected chi connectivity index (χ0v) is 13.0. The molecule has 2 fully saturated rings. The van der Waals surface area contributed by atoms with Crippen molar-refractivity contribution in [2.75, 3.05) is 26.2 Å². The molecule has 0 aromatic rings. The zero-order valence-electron chi connectivity index (χ0n) is 13.0. The third-order valence-corrected chi connectivity index (χ3v) is 4.78. The maximum Gasteiger partial charge on any atom is 0.248 e. The van der Waals surface area contributed by atoms with E-state index in [0.29, 0.717) is 19.4 Å². The Balaban J connectivity index is 1.78. The summed E-state index contributed by atoms with van der Waals surface area (Å²) >= 11 is 0. The third-order valence-electron chi connectivity index (χ3n) is 4.78. The molecule has 1 saturated heterocycles. The molecule has 1 saturated carbocycles. The summed E-state index contributed by atoms with van der Waals surface area (Å²) in [5, 5.41) is 13.7. The molecule has 4 nitrogen and oxygen atoms in total. The highest BCUT2D eigenvalue weighted by atomic mass is 19.3. The number of likely N-dealkylation sites (N-methyl/N-ethyl adjacent to an activating group) is 1. The van der Waals surface area contributed by atoms with Gasteiger partial charge in [-0.1, -0.05) is 13.8 Å². The molecule has 3 unspecified atom stereocenters. The second-order valence-corrected chi connectivity index (χ2v) is 6.25. The summed E-state index contributed by atoms with van der Waals surface area (Å²) in [4.78, 5) is 2.22. The Morgan fingerprint density at radius 1 is 1.24 bits per heavy atom. The molecule has 2 N–H and O–H groups in total. The first-order valence-electron chi connectivity index (χ1n) is 8.11. The molecule has 0 aromatic heterocycles. The fourth-order valence-electron chi connectivity index (χ4n) is 3.24. The van der Waals surface area contributed by atoms with Gasteiger partial charge in [-0.15, -0.1) is 0 Å². The highest BCUT2D eigenvalue weighted by molar-refractivity contribution is 4.93. The lowest BCUT2D eigenvalue weighted by Crippen LogP contribution is -2.49. The minimum atomic E-state index is -2.51. The van der Waals surface area contributed by atoms with Crippen LogP contribution in [0.15, 0.2) is 0 Å². The molecule has 6 heteroatoms. The van der Waals surface area contributed by atoms with Crippen molar-refractivity contribution in [1.29, 1.82) is 0 Å². The van der Waals surface area contributed by atoms with E-state index >= 15 is 0 Å². The van der Waals surface area contributed by atoms with Crippen molar-refractivity contribution >= 4 is 0 Å². The molecule has 2 aliphatic rings. The summed E-state index contributed by atoms with van der Waals surface area (Å²) in [6.45, 7) is 7.21. The first kappa shape index (κ1) is 17.1. The van der Waals surface area contributed by atoms with Gasteiger partial charge < -0.3 is 20.1 Å². The SMILES string of the molecule is CCN(CC)CC1OCC(NC2CCC(F)(F)CC2)C1O. The molecule has 1 aliphatic carbocycles. The highest BCUT2D eigenvalue weighted by Gasteiger charge is 2.40. The smallest absolute Gasteiger partial charge is 0.248 e. The van der Waals surface area contributed by atoms with Crippen LogP contribution in [-0.2, 0) is 4.74 Å². The van der Waals surface area contributed by atoms with Crippen molar-refractivity contribution in [1.82, 2.24) is 10.2 Å². The summed E-state index contributed by atoms with van der Waals surface area (Å²) in [6.07, 6.45) is 0.0722. The topological polar surface area (TPSA) is 44.7 Å². The molecular formula is C15H28F2N2O2. The minimum Gasteiger partial charge on any atom is -0.389 e. The van der Waals surface area contributed by atoms with Crippen molar-refractivity contribution in [3.63, 3.8) is 0 Å². The van der Waals surface area contributed by atoms with Crippen LogP contribution < -0.4 is 5.32 Å². The van der Waals surface area contributed by atoms with Crippen LogP contribution in [0.4, 0.5) is 8.78 Å². The van der Waals surface area contributed by atoms with E-state index < -0.39 is 12.0 Å². The number of hydrogen-bond acceptors (Lipinski definition) is 4. The monoisotopic (exact) mass is 306 g/mol. The van der Waals surface area contributed by atoms with Crippen LogP contribution in [0.1, 0.15) is 39.5 Å². The lowest BCUT2D eigenvalue weighted by molar-refractivity contribution is -0.0422. The summed E-state index contributed by atoms with van der Waals surface area (Å²) in [5.74, 6) is -2.51. The van der Waals surface area contributed by atoms with Gasteiger partial charge >= 0.3 is 0 Å². The molecule has 2 rings (SSSR count). The first-order chi connectivity index (χ1) is 9.95. The van der Waals surface area contributed by atoms with Crippen LogP contribution in [0.25, 0.3) is 0 Å². The zero-order chi connectivity index (χ0) is 15.5. The molecular weight excluding hydrogens is 278 g/mol. The number of nitrogens with zero attached hydrogens (tertiary/aromatic N) is 1. The van der Waals surface area contributed by atoms with Gasteiger partial charge in [0.2, 0.25) is 5.92 Å². The fraction of sp³-hybridized carbons (Fsp3) is 1.00. The van der Waals surface area contributed by atoms with E-state index in [1.54, 1.807) is 0 Å². The van der Waals surface area contributed by atoms with E-state index in [-0.39, 0.29) is 31.0 Å². The van der Waals surface area contributed by atoms with Crippen molar-refractivity contribution in [2.24, 2.45) is 0 Å². The Bertz CT molecular complexity index is 317. The normalized spacial score (nSPS) is 33.7. The number of nitrogens with one attached hydrogen (secondary N) is 1. The molecule has 0 amide bonds. The Kier molecular flexibility index (Phi) is 5.94. The maximum absolute atomic E-state index is 13.1. The lowest BCUT2D eigenvalue weighted by atomic mass is 9.91. The maximum atomic E-state index is 13.1. The Hall–Kier alpha value is -0.300. The second-order valence-electron chi connectivity index (χ2n) is 6.25. The van der Waals surface area contributed by atoms with Gasteiger partial charge in [-0.05, 0) is 25.9 Å². The van der Waals surface area contributed by atoms with E-state index in [4.69, 9.17) is 4.74 Å². The van der Waals surface area contributed by atoms with E-state index in [9.17, 15) is 13.9 Å². The standard InChI is InChI=1S/C15H28F2N2O2/c1-3-19(4-2)9-13-14(20)12(10-21-13)18-11-5-7-15(16,17)8-6-11/h11-14,18,20H,3-10H2,1-2H3. The molecule has 3 atom stereocenters. The van der Waals surface area contributed by atoms with Crippen LogP contribution in [-0.4, -0.2) is 66.5 Å². The van der Waals surface area contributed by atoms with E-state index in [2.05, 4.69) is 24.1 Å². The summed E-state index contributed by atoms with van der Waals surface area (Å²) in [7, 11) is 0. The van der Waals surface area contributed by atoms with Gasteiger partial charge in [0.1, 0.15) is 0 Å². The molecule has 1 aliphatic heterocycles. The molecule has 21 heavy (non-hydrogen) atoms. The van der Waals surface area contributed by atoms with Crippen molar-refractivity contribution in [3.8, 4) is 0 Å². The third kappa shape index (κ3) is 4.58. The summed E-state index contributed by atoms with van der Waals surface area (Å²) in [6, 6.07) is -0.0673. The predicted molar refractivity (Wildman–Crippen MR) is 77.7 cm³/mol. The van der Waals surface area contributed by atoms with E-state index in [1.165, 1.54) is 0 Å². The van der Waals surface area contributed by atoms with Crippen LogP contribution in [0.3, 0.4) is 0 Å². The minimum absolute atomic E-state index is 0.0583. The molecule has 124 valence electrons.